The van der Waals surface area contributed by atoms with Crippen LogP contribution in [-0.4, -0.2) is 16.6 Å². The van der Waals surface area contributed by atoms with Gasteiger partial charge in [0.2, 0.25) is 0 Å². The number of hydrogen-bond acceptors (Lipinski definition) is 2. The van der Waals surface area contributed by atoms with Gasteiger partial charge in [-0.25, -0.2) is 4.85 Å². The van der Waals surface area contributed by atoms with E-state index < -0.39 is 28.9 Å². The van der Waals surface area contributed by atoms with Crippen LogP contribution in [0.4, 0.5) is 24.5 Å². The number of nitrogens with one attached hydrogen (secondary N) is 1. The molecule has 0 aromatic heterocycles. The van der Waals surface area contributed by atoms with E-state index in [0.717, 1.165) is 6.07 Å². The molecule has 1 amide bonds. The number of benzene rings is 1. The molecule has 0 fully saturated rings. The summed E-state index contributed by atoms with van der Waals surface area (Å²) in [6.45, 7) is 9.54. The highest BCUT2D eigenvalue weighted by molar-refractivity contribution is 5.97. The smallest absolute Gasteiger partial charge is 0.380 e. The van der Waals surface area contributed by atoms with E-state index >= 15 is 0 Å². The van der Waals surface area contributed by atoms with E-state index in [1.165, 1.54) is 13.0 Å². The van der Waals surface area contributed by atoms with Gasteiger partial charge >= 0.3 is 6.18 Å². The first-order chi connectivity index (χ1) is 9.11. The Morgan fingerprint density at radius 2 is 2.00 bits per heavy atom. The Balaban J connectivity index is 0.00000400. The van der Waals surface area contributed by atoms with Crippen molar-refractivity contribution in [3.63, 3.8) is 0 Å². The normalized spacial score (nSPS) is 13.6. The van der Waals surface area contributed by atoms with Gasteiger partial charge in [0.15, 0.2) is 5.69 Å². The lowest BCUT2D eigenvalue weighted by Gasteiger charge is -2.20. The van der Waals surface area contributed by atoms with E-state index in [-0.39, 0.29) is 19.5 Å². The topological polar surface area (TPSA) is 53.7 Å². The molecule has 1 aromatic carbocycles. The van der Waals surface area contributed by atoms with Gasteiger partial charge in [-0.2, -0.15) is 13.2 Å². The number of hydrogen-bond donors (Lipinski definition) is 2. The van der Waals surface area contributed by atoms with Crippen LogP contribution in [0.5, 0.6) is 0 Å². The van der Waals surface area contributed by atoms with Crippen LogP contribution >= 0.6 is 0 Å². The molecule has 0 aliphatic carbocycles. The molecule has 7 heteroatoms. The highest BCUT2D eigenvalue weighted by Gasteiger charge is 2.34. The van der Waals surface area contributed by atoms with Gasteiger partial charge in [0.1, 0.15) is 5.60 Å². The summed E-state index contributed by atoms with van der Waals surface area (Å²) in [5.74, 6) is -0.802. The van der Waals surface area contributed by atoms with Crippen molar-refractivity contribution in [2.45, 2.75) is 39.5 Å². The summed E-state index contributed by atoms with van der Waals surface area (Å²) in [4.78, 5) is 14.5. The third-order valence-electron chi connectivity index (χ3n) is 2.86. The third kappa shape index (κ3) is 4.46. The number of aliphatic hydroxyl groups is 1. The zero-order chi connectivity index (χ0) is 15.6. The maximum absolute atomic E-state index is 12.7. The first kappa shape index (κ1) is 18.9. The van der Waals surface area contributed by atoms with Gasteiger partial charge in [-0.05, 0) is 25.5 Å². The zero-order valence-corrected chi connectivity index (χ0v) is 10.9. The van der Waals surface area contributed by atoms with E-state index in [1.807, 2.05) is 0 Å². The Labute approximate surface area is 121 Å². The maximum atomic E-state index is 12.7. The Kier molecular flexibility index (Phi) is 5.94. The molecule has 0 heterocycles. The SMILES string of the molecule is C.[C-]#[N+]c1ccc(NC(=O)[C@@](C)(O)CC)cc1C(F)(F)F. The van der Waals surface area contributed by atoms with Crippen molar-refractivity contribution in [2.75, 3.05) is 5.32 Å². The number of carbonyl (C=O) groups is 1. The molecule has 116 valence electrons. The van der Waals surface area contributed by atoms with Crippen molar-refractivity contribution < 1.29 is 23.1 Å². The summed E-state index contributed by atoms with van der Waals surface area (Å²) in [5, 5.41) is 11.9. The van der Waals surface area contributed by atoms with Crippen LogP contribution in [0.1, 0.15) is 33.3 Å². The molecule has 0 saturated carbocycles. The molecule has 1 atom stereocenters. The molecule has 0 aliphatic rings. The van der Waals surface area contributed by atoms with Crippen LogP contribution < -0.4 is 5.32 Å². The van der Waals surface area contributed by atoms with Gasteiger partial charge in [0.05, 0.1) is 12.1 Å². The molecule has 0 bridgehead atoms. The minimum absolute atomic E-state index is 0. The van der Waals surface area contributed by atoms with Gasteiger partial charge in [0.25, 0.3) is 5.91 Å². The van der Waals surface area contributed by atoms with Crippen molar-refractivity contribution in [2.24, 2.45) is 0 Å². The summed E-state index contributed by atoms with van der Waals surface area (Å²) in [5.41, 5.74) is -3.46. The molecule has 0 spiro atoms. The first-order valence-corrected chi connectivity index (χ1v) is 5.74. The third-order valence-corrected chi connectivity index (χ3v) is 2.86. The Morgan fingerprint density at radius 3 is 2.43 bits per heavy atom. The standard InChI is InChI=1S/C13H13F3N2O2.CH4/c1-4-12(2,20)11(19)18-8-5-6-10(17-3)9(7-8)13(14,15)16;/h5-7,20H,4H2,1-2H3,(H,18,19);1H4/t12-;/m0./s1. The number of halogens is 3. The quantitative estimate of drug-likeness (QED) is 0.829. The van der Waals surface area contributed by atoms with Crippen molar-refractivity contribution in [1.82, 2.24) is 0 Å². The average molecular weight is 302 g/mol. The predicted octanol–water partition coefficient (Wildman–Crippen LogP) is 3.99. The maximum Gasteiger partial charge on any atom is 0.407 e. The van der Waals surface area contributed by atoms with E-state index in [9.17, 15) is 23.1 Å². The molecule has 0 saturated heterocycles. The van der Waals surface area contributed by atoms with Gasteiger partial charge in [-0.3, -0.25) is 4.79 Å². The second kappa shape index (κ2) is 6.59. The second-order valence-corrected chi connectivity index (χ2v) is 4.42. The lowest BCUT2D eigenvalue weighted by Crippen LogP contribution is -2.39. The summed E-state index contributed by atoms with van der Waals surface area (Å²) in [6.07, 6.45) is -4.57. The Hall–Kier alpha value is -2.07. The lowest BCUT2D eigenvalue weighted by molar-refractivity contribution is -0.137. The highest BCUT2D eigenvalue weighted by Crippen LogP contribution is 2.38. The van der Waals surface area contributed by atoms with Gasteiger partial charge < -0.3 is 10.4 Å². The fourth-order valence-electron chi connectivity index (χ4n) is 1.36. The largest absolute Gasteiger partial charge is 0.407 e. The van der Waals surface area contributed by atoms with Crippen LogP contribution in [0.3, 0.4) is 0 Å². The van der Waals surface area contributed by atoms with Crippen molar-refractivity contribution in [3.05, 3.63) is 35.2 Å². The fourth-order valence-corrected chi connectivity index (χ4v) is 1.36. The number of rotatable bonds is 3. The fraction of sp³-hybridized carbons (Fsp3) is 0.429. The van der Waals surface area contributed by atoms with Crippen LogP contribution in [0.15, 0.2) is 18.2 Å². The molecular formula is C14H17F3N2O2. The molecule has 0 unspecified atom stereocenters. The van der Waals surface area contributed by atoms with Crippen LogP contribution in [0.2, 0.25) is 0 Å². The molecule has 1 aromatic rings. The van der Waals surface area contributed by atoms with E-state index in [0.29, 0.717) is 6.07 Å². The minimum atomic E-state index is -4.69. The Bertz CT molecular complexity index is 560. The Morgan fingerprint density at radius 1 is 1.43 bits per heavy atom. The molecule has 2 N–H and O–H groups in total. The van der Waals surface area contributed by atoms with Crippen LogP contribution in [0, 0.1) is 6.57 Å². The lowest BCUT2D eigenvalue weighted by atomic mass is 10.0. The van der Waals surface area contributed by atoms with E-state index in [2.05, 4.69) is 10.2 Å². The van der Waals surface area contributed by atoms with Gasteiger partial charge in [-0.1, -0.05) is 20.4 Å². The summed E-state index contributed by atoms with van der Waals surface area (Å²) < 4.78 is 38.2. The molecule has 4 nitrogen and oxygen atoms in total. The van der Waals surface area contributed by atoms with Crippen LogP contribution in [0.25, 0.3) is 4.85 Å². The average Bonchev–Trinajstić information content (AvgIpc) is 2.37. The number of amides is 1. The number of carbonyl (C=O) groups excluding carboxylic acids is 1. The molecule has 1 rings (SSSR count). The molecule has 21 heavy (non-hydrogen) atoms. The molecule has 0 aliphatic heterocycles. The van der Waals surface area contributed by atoms with Crippen molar-refractivity contribution in [3.8, 4) is 0 Å². The second-order valence-electron chi connectivity index (χ2n) is 4.42. The molecule has 0 radical (unpaired) electrons. The number of nitrogens with zero attached hydrogens (tertiary/aromatic N) is 1. The van der Waals surface area contributed by atoms with Crippen LogP contribution in [-0.2, 0) is 11.0 Å². The zero-order valence-electron chi connectivity index (χ0n) is 10.9. The van der Waals surface area contributed by atoms with Crippen molar-refractivity contribution in [1.29, 1.82) is 0 Å². The van der Waals surface area contributed by atoms with E-state index in [4.69, 9.17) is 6.57 Å². The summed E-state index contributed by atoms with van der Waals surface area (Å²) in [6, 6.07) is 2.84. The summed E-state index contributed by atoms with van der Waals surface area (Å²) >= 11 is 0. The van der Waals surface area contributed by atoms with E-state index in [1.54, 1.807) is 6.92 Å². The monoisotopic (exact) mass is 302 g/mol. The van der Waals surface area contributed by atoms with Gasteiger partial charge in [-0.15, -0.1) is 0 Å². The molecular weight excluding hydrogens is 285 g/mol. The van der Waals surface area contributed by atoms with Gasteiger partial charge in [0, 0.05) is 5.69 Å². The highest BCUT2D eigenvalue weighted by atomic mass is 19.4. The van der Waals surface area contributed by atoms with Crippen molar-refractivity contribution >= 4 is 17.3 Å². The summed E-state index contributed by atoms with van der Waals surface area (Å²) in [7, 11) is 0. The predicted molar refractivity (Wildman–Crippen MR) is 74.0 cm³/mol. The number of anilines is 1. The first-order valence-electron chi connectivity index (χ1n) is 5.74. The number of alkyl halides is 3. The minimum Gasteiger partial charge on any atom is -0.380 e.